The molecular formula is C12H23NO4S2. The minimum Gasteiger partial charge on any atom is -0.270 e. The molecule has 1 aliphatic carbocycles. The zero-order valence-electron chi connectivity index (χ0n) is 11.4. The Balaban J connectivity index is 1.69. The van der Waals surface area contributed by atoms with Crippen LogP contribution >= 0.6 is 0 Å². The molecule has 0 aromatic heterocycles. The molecular weight excluding hydrogens is 286 g/mol. The van der Waals surface area contributed by atoms with Crippen molar-refractivity contribution in [3.05, 3.63) is 0 Å². The first-order chi connectivity index (χ1) is 8.94. The maximum absolute atomic E-state index is 11.7. The van der Waals surface area contributed by atoms with E-state index in [1.54, 1.807) is 0 Å². The molecule has 1 atom stereocenters. The van der Waals surface area contributed by atoms with Crippen LogP contribution < -0.4 is 0 Å². The van der Waals surface area contributed by atoms with Gasteiger partial charge in [0.15, 0.2) is 0 Å². The fourth-order valence-corrected chi connectivity index (χ4v) is 4.64. The third kappa shape index (κ3) is 5.13. The van der Waals surface area contributed by atoms with Crippen molar-refractivity contribution in [1.29, 1.82) is 0 Å². The van der Waals surface area contributed by atoms with E-state index in [9.17, 15) is 12.6 Å². The first kappa shape index (κ1) is 15.4. The second-order valence-corrected chi connectivity index (χ2v) is 8.85. The van der Waals surface area contributed by atoms with Crippen molar-refractivity contribution in [2.75, 3.05) is 31.7 Å². The number of nitrogens with zero attached hydrogens (tertiary/aromatic N) is 1. The molecule has 0 aromatic rings. The molecule has 0 radical (unpaired) electrons. The summed E-state index contributed by atoms with van der Waals surface area (Å²) in [4.78, 5) is 0. The van der Waals surface area contributed by atoms with Crippen LogP contribution in [0.4, 0.5) is 0 Å². The Bertz CT molecular complexity index is 415. The molecule has 0 N–H and O–H groups in total. The van der Waals surface area contributed by atoms with Crippen molar-refractivity contribution in [2.24, 2.45) is 11.8 Å². The Morgan fingerprint density at radius 3 is 2.37 bits per heavy atom. The lowest BCUT2D eigenvalue weighted by molar-refractivity contribution is 0.177. The summed E-state index contributed by atoms with van der Waals surface area (Å²) in [5, 5.41) is 0. The van der Waals surface area contributed by atoms with Gasteiger partial charge in [0, 0.05) is 18.8 Å². The lowest BCUT2D eigenvalue weighted by Gasteiger charge is -2.30. The van der Waals surface area contributed by atoms with E-state index in [2.05, 4.69) is 4.31 Å². The minimum absolute atomic E-state index is 0.321. The Kier molecular flexibility index (Phi) is 5.39. The van der Waals surface area contributed by atoms with Crippen LogP contribution in [0.25, 0.3) is 0 Å². The molecule has 1 saturated heterocycles. The summed E-state index contributed by atoms with van der Waals surface area (Å²) in [7, 11) is -4.07. The SMILES string of the molecule is CS(=O)(=O)OCC1CCC(CN2CCCS2=O)CC1. The van der Waals surface area contributed by atoms with Crippen LogP contribution in [0.5, 0.6) is 0 Å². The Labute approximate surface area is 118 Å². The van der Waals surface area contributed by atoms with Gasteiger partial charge in [-0.25, -0.2) is 8.51 Å². The van der Waals surface area contributed by atoms with E-state index in [0.29, 0.717) is 18.4 Å². The van der Waals surface area contributed by atoms with Gasteiger partial charge in [0.05, 0.1) is 23.8 Å². The van der Waals surface area contributed by atoms with Crippen molar-refractivity contribution in [1.82, 2.24) is 4.31 Å². The molecule has 1 aliphatic heterocycles. The molecule has 1 heterocycles. The van der Waals surface area contributed by atoms with Gasteiger partial charge < -0.3 is 0 Å². The maximum atomic E-state index is 11.7. The summed E-state index contributed by atoms with van der Waals surface area (Å²) in [6, 6.07) is 0. The third-order valence-electron chi connectivity index (χ3n) is 3.96. The molecule has 0 aromatic carbocycles. The molecule has 5 nitrogen and oxygen atoms in total. The van der Waals surface area contributed by atoms with E-state index in [4.69, 9.17) is 4.18 Å². The topological polar surface area (TPSA) is 63.7 Å². The van der Waals surface area contributed by atoms with Crippen molar-refractivity contribution in [3.8, 4) is 0 Å². The highest BCUT2D eigenvalue weighted by atomic mass is 32.2. The number of hydrogen-bond donors (Lipinski definition) is 0. The Hall–Kier alpha value is 0.0200. The lowest BCUT2D eigenvalue weighted by Crippen LogP contribution is -2.31. The zero-order valence-corrected chi connectivity index (χ0v) is 13.0. The van der Waals surface area contributed by atoms with Crippen LogP contribution in [-0.2, 0) is 25.3 Å². The second-order valence-electron chi connectivity index (χ2n) is 5.64. The average Bonchev–Trinajstić information content (AvgIpc) is 2.73. The lowest BCUT2D eigenvalue weighted by atomic mass is 9.82. The van der Waals surface area contributed by atoms with Crippen LogP contribution in [0.1, 0.15) is 32.1 Å². The van der Waals surface area contributed by atoms with Crippen LogP contribution in [0.15, 0.2) is 0 Å². The van der Waals surface area contributed by atoms with Crippen molar-refractivity contribution in [2.45, 2.75) is 32.1 Å². The monoisotopic (exact) mass is 309 g/mol. The normalized spacial score (nSPS) is 33.6. The standard InChI is InChI=1S/C12H23NO4S2/c1-19(15,16)17-10-12-5-3-11(4-6-12)9-13-7-2-8-18(13)14/h11-12H,2-10H2,1H3. The summed E-state index contributed by atoms with van der Waals surface area (Å²) >= 11 is 0. The molecule has 0 bridgehead atoms. The smallest absolute Gasteiger partial charge is 0.264 e. The van der Waals surface area contributed by atoms with Gasteiger partial charge in [-0.2, -0.15) is 8.42 Å². The molecule has 2 fully saturated rings. The van der Waals surface area contributed by atoms with E-state index >= 15 is 0 Å². The molecule has 2 aliphatic rings. The van der Waals surface area contributed by atoms with Gasteiger partial charge in [0.2, 0.25) is 0 Å². The van der Waals surface area contributed by atoms with Crippen molar-refractivity contribution in [3.63, 3.8) is 0 Å². The largest absolute Gasteiger partial charge is 0.270 e. The highest BCUT2D eigenvalue weighted by molar-refractivity contribution is 7.86. The molecule has 7 heteroatoms. The molecule has 0 amide bonds. The van der Waals surface area contributed by atoms with Gasteiger partial charge >= 0.3 is 0 Å². The first-order valence-corrected chi connectivity index (χ1v) is 10.0. The van der Waals surface area contributed by atoms with Gasteiger partial charge in [-0.15, -0.1) is 0 Å². The zero-order chi connectivity index (χ0) is 13.9. The molecule has 1 unspecified atom stereocenters. The van der Waals surface area contributed by atoms with Crippen molar-refractivity contribution >= 4 is 21.1 Å². The molecule has 2 rings (SSSR count). The number of hydrogen-bond acceptors (Lipinski definition) is 4. The van der Waals surface area contributed by atoms with E-state index in [1.807, 2.05) is 0 Å². The fourth-order valence-electron chi connectivity index (χ4n) is 2.86. The van der Waals surface area contributed by atoms with E-state index < -0.39 is 21.1 Å². The van der Waals surface area contributed by atoms with E-state index in [-0.39, 0.29) is 0 Å². The summed E-state index contributed by atoms with van der Waals surface area (Å²) in [6.07, 6.45) is 6.35. The fraction of sp³-hybridized carbons (Fsp3) is 1.00. The Morgan fingerprint density at radius 1 is 1.21 bits per heavy atom. The molecule has 19 heavy (non-hydrogen) atoms. The van der Waals surface area contributed by atoms with Gasteiger partial charge in [-0.05, 0) is 43.9 Å². The summed E-state index contributed by atoms with van der Waals surface area (Å²) < 4.78 is 40.5. The summed E-state index contributed by atoms with van der Waals surface area (Å²) in [6.45, 7) is 2.22. The van der Waals surface area contributed by atoms with Gasteiger partial charge in [-0.1, -0.05) is 0 Å². The van der Waals surface area contributed by atoms with Crippen molar-refractivity contribution < 1.29 is 16.8 Å². The minimum atomic E-state index is -3.31. The van der Waals surface area contributed by atoms with Crippen LogP contribution in [0.2, 0.25) is 0 Å². The molecule has 1 saturated carbocycles. The van der Waals surface area contributed by atoms with Crippen LogP contribution in [0.3, 0.4) is 0 Å². The predicted molar refractivity (Wildman–Crippen MR) is 75.4 cm³/mol. The quantitative estimate of drug-likeness (QED) is 0.714. The number of rotatable bonds is 5. The third-order valence-corrected chi connectivity index (χ3v) is 6.07. The van der Waals surface area contributed by atoms with Crippen LogP contribution in [-0.4, -0.2) is 48.6 Å². The van der Waals surface area contributed by atoms with Gasteiger partial charge in [0.25, 0.3) is 10.1 Å². The molecule has 0 spiro atoms. The Morgan fingerprint density at radius 2 is 1.84 bits per heavy atom. The highest BCUT2D eigenvalue weighted by Gasteiger charge is 2.27. The predicted octanol–water partition coefficient (Wildman–Crippen LogP) is 1.14. The van der Waals surface area contributed by atoms with Gasteiger partial charge in [0.1, 0.15) is 0 Å². The summed E-state index contributed by atoms with van der Waals surface area (Å²) in [5.74, 6) is 1.78. The van der Waals surface area contributed by atoms with Gasteiger partial charge in [-0.3, -0.25) is 4.18 Å². The van der Waals surface area contributed by atoms with E-state index in [0.717, 1.165) is 57.2 Å². The molecule has 112 valence electrons. The van der Waals surface area contributed by atoms with Crippen LogP contribution in [0, 0.1) is 11.8 Å². The summed E-state index contributed by atoms with van der Waals surface area (Å²) in [5.41, 5.74) is 0. The average molecular weight is 309 g/mol. The second kappa shape index (κ2) is 6.65. The highest BCUT2D eigenvalue weighted by Crippen LogP contribution is 2.30. The van der Waals surface area contributed by atoms with E-state index in [1.165, 1.54) is 0 Å². The first-order valence-electron chi connectivity index (χ1n) is 6.92. The maximum Gasteiger partial charge on any atom is 0.264 e.